The number of hydrogen-bond acceptors (Lipinski definition) is 4. The van der Waals surface area contributed by atoms with Gasteiger partial charge >= 0.3 is 5.97 Å². The molecular weight excluding hydrogens is 196 g/mol. The standard InChI is InChI=1S/C6H4.C5H10O4/c1-2-5-4-6(5)3-1;1-7-5(4-6,8-2)9-3/h1-4H;4H,1-3H3. The van der Waals surface area contributed by atoms with Crippen LogP contribution in [0.15, 0.2) is 24.3 Å². The molecule has 0 bridgehead atoms. The largest absolute Gasteiger partial charge is 0.342 e. The Labute approximate surface area is 88.8 Å². The van der Waals surface area contributed by atoms with Crippen LogP contribution in [0.1, 0.15) is 0 Å². The molecule has 2 aliphatic rings. The Hall–Kier alpha value is -1.23. The topological polar surface area (TPSA) is 44.8 Å². The van der Waals surface area contributed by atoms with Crippen molar-refractivity contribution in [3.8, 4) is 11.1 Å². The Balaban J connectivity index is 0.000000158. The zero-order valence-electron chi connectivity index (χ0n) is 9.02. The summed E-state index contributed by atoms with van der Waals surface area (Å²) < 4.78 is 13.7. The molecule has 0 fully saturated rings. The van der Waals surface area contributed by atoms with Crippen molar-refractivity contribution < 1.29 is 19.0 Å². The summed E-state index contributed by atoms with van der Waals surface area (Å²) in [6.07, 6.45) is 0.437. The summed E-state index contributed by atoms with van der Waals surface area (Å²) in [4.78, 5) is 10.1. The normalized spacial score (nSPS) is 11.4. The number of hydrogen-bond donors (Lipinski definition) is 0. The second kappa shape index (κ2) is 5.02. The number of ether oxygens (including phenoxy) is 3. The van der Waals surface area contributed by atoms with Gasteiger partial charge in [0.2, 0.25) is 6.29 Å². The van der Waals surface area contributed by atoms with Gasteiger partial charge in [0.05, 0.1) is 0 Å². The van der Waals surface area contributed by atoms with E-state index < -0.39 is 5.97 Å². The second-order valence-electron chi connectivity index (χ2n) is 2.91. The van der Waals surface area contributed by atoms with E-state index in [0.717, 1.165) is 0 Å². The molecule has 15 heavy (non-hydrogen) atoms. The molecule has 2 aliphatic carbocycles. The van der Waals surface area contributed by atoms with Gasteiger partial charge < -0.3 is 14.2 Å². The van der Waals surface area contributed by atoms with Crippen molar-refractivity contribution in [2.45, 2.75) is 5.97 Å². The van der Waals surface area contributed by atoms with Gasteiger partial charge in [0, 0.05) is 21.3 Å². The highest BCUT2D eigenvalue weighted by atomic mass is 16.9. The van der Waals surface area contributed by atoms with Gasteiger partial charge in [-0.1, -0.05) is 18.2 Å². The number of aldehydes is 1. The first-order valence-corrected chi connectivity index (χ1v) is 4.43. The SMILES string of the molecule is COC(C=O)(OC)OC.c1cc2cc-2c1. The Morgan fingerprint density at radius 1 is 1.07 bits per heavy atom. The maximum absolute atomic E-state index is 10.1. The van der Waals surface area contributed by atoms with Crippen molar-refractivity contribution in [2.24, 2.45) is 0 Å². The Bertz CT molecular complexity index is 306. The van der Waals surface area contributed by atoms with Gasteiger partial charge in [0.25, 0.3) is 0 Å². The van der Waals surface area contributed by atoms with Crippen molar-refractivity contribution >= 4 is 6.29 Å². The van der Waals surface area contributed by atoms with Gasteiger partial charge in [-0.25, -0.2) is 0 Å². The Morgan fingerprint density at radius 2 is 1.53 bits per heavy atom. The van der Waals surface area contributed by atoms with Crippen LogP contribution in [0.5, 0.6) is 0 Å². The van der Waals surface area contributed by atoms with Crippen molar-refractivity contribution in [3.05, 3.63) is 24.3 Å². The fourth-order valence-electron chi connectivity index (χ4n) is 1.07. The molecule has 0 aliphatic heterocycles. The quantitative estimate of drug-likeness (QED) is 0.566. The average Bonchev–Trinajstić information content (AvgIpc) is 2.91. The first kappa shape index (κ1) is 11.8. The molecule has 0 aromatic rings. The molecule has 2 rings (SSSR count). The fraction of sp³-hybridized carbons (Fsp3) is 0.364. The van der Waals surface area contributed by atoms with Crippen LogP contribution in [-0.2, 0) is 19.0 Å². The van der Waals surface area contributed by atoms with E-state index in [4.69, 9.17) is 0 Å². The summed E-state index contributed by atoms with van der Waals surface area (Å²) in [6.45, 7) is 0. The maximum atomic E-state index is 10.1. The lowest BCUT2D eigenvalue weighted by Gasteiger charge is -2.21. The summed E-state index contributed by atoms with van der Waals surface area (Å²) in [5.41, 5.74) is 2.85. The predicted octanol–water partition coefficient (Wildman–Crippen LogP) is 1.45. The first-order chi connectivity index (χ1) is 7.21. The van der Waals surface area contributed by atoms with Crippen LogP contribution in [0.3, 0.4) is 0 Å². The van der Waals surface area contributed by atoms with Crippen LogP contribution >= 0.6 is 0 Å². The fourth-order valence-corrected chi connectivity index (χ4v) is 1.07. The molecule has 0 amide bonds. The second-order valence-corrected chi connectivity index (χ2v) is 2.91. The minimum atomic E-state index is -1.51. The third kappa shape index (κ3) is 2.86. The third-order valence-corrected chi connectivity index (χ3v) is 2.11. The summed E-state index contributed by atoms with van der Waals surface area (Å²) in [5, 5.41) is 0. The molecular formula is C11H14O4. The molecule has 82 valence electrons. The summed E-state index contributed by atoms with van der Waals surface area (Å²) >= 11 is 0. The third-order valence-electron chi connectivity index (χ3n) is 2.11. The van der Waals surface area contributed by atoms with Crippen molar-refractivity contribution in [2.75, 3.05) is 21.3 Å². The van der Waals surface area contributed by atoms with E-state index in [9.17, 15) is 4.79 Å². The van der Waals surface area contributed by atoms with Crippen LogP contribution < -0.4 is 0 Å². The molecule has 4 heteroatoms. The molecule has 0 N–H and O–H groups in total. The molecule has 0 aromatic heterocycles. The van der Waals surface area contributed by atoms with Gasteiger partial charge in [-0.05, 0) is 17.2 Å². The Morgan fingerprint density at radius 3 is 1.60 bits per heavy atom. The molecule has 0 atom stereocenters. The highest BCUT2D eigenvalue weighted by Gasteiger charge is 2.28. The van der Waals surface area contributed by atoms with Crippen molar-refractivity contribution in [3.63, 3.8) is 0 Å². The molecule has 0 heterocycles. The van der Waals surface area contributed by atoms with Gasteiger partial charge in [-0.15, -0.1) is 0 Å². The lowest BCUT2D eigenvalue weighted by Crippen LogP contribution is -2.37. The zero-order valence-corrected chi connectivity index (χ0v) is 9.02. The number of benzene rings is 1. The average molecular weight is 210 g/mol. The van der Waals surface area contributed by atoms with Crippen LogP contribution in [-0.4, -0.2) is 33.6 Å². The molecule has 0 unspecified atom stereocenters. The van der Waals surface area contributed by atoms with Gasteiger partial charge in [0.15, 0.2) is 0 Å². The minimum absolute atomic E-state index is 0.437. The van der Waals surface area contributed by atoms with Crippen LogP contribution in [0, 0.1) is 0 Å². The number of carbonyl (C=O) groups is 1. The maximum Gasteiger partial charge on any atom is 0.342 e. The van der Waals surface area contributed by atoms with Gasteiger partial charge in [-0.3, -0.25) is 4.79 Å². The smallest absolute Gasteiger partial charge is 0.325 e. The van der Waals surface area contributed by atoms with E-state index in [1.165, 1.54) is 32.5 Å². The highest BCUT2D eigenvalue weighted by Crippen LogP contribution is 2.32. The number of fused-ring (bicyclic) bond motifs is 1. The number of carbonyl (C=O) groups excluding carboxylic acids is 1. The molecule has 0 spiro atoms. The lowest BCUT2D eigenvalue weighted by atomic mass is 10.6. The van der Waals surface area contributed by atoms with E-state index >= 15 is 0 Å². The molecule has 0 radical (unpaired) electrons. The summed E-state index contributed by atoms with van der Waals surface area (Å²) in [5.74, 6) is -1.51. The summed E-state index contributed by atoms with van der Waals surface area (Å²) in [7, 11) is 3.96. The Kier molecular flexibility index (Phi) is 3.96. The van der Waals surface area contributed by atoms with Gasteiger partial charge in [0.1, 0.15) is 0 Å². The van der Waals surface area contributed by atoms with Crippen LogP contribution in [0.25, 0.3) is 11.1 Å². The van der Waals surface area contributed by atoms with E-state index in [2.05, 4.69) is 38.5 Å². The number of methoxy groups -OCH3 is 3. The monoisotopic (exact) mass is 210 g/mol. The van der Waals surface area contributed by atoms with E-state index in [0.29, 0.717) is 6.29 Å². The zero-order chi connectivity index (χ0) is 11.3. The minimum Gasteiger partial charge on any atom is -0.325 e. The van der Waals surface area contributed by atoms with Gasteiger partial charge in [-0.2, -0.15) is 0 Å². The van der Waals surface area contributed by atoms with E-state index in [1.807, 2.05) is 0 Å². The van der Waals surface area contributed by atoms with Crippen molar-refractivity contribution in [1.29, 1.82) is 0 Å². The summed E-state index contributed by atoms with van der Waals surface area (Å²) in [6, 6.07) is 8.48. The predicted molar refractivity (Wildman–Crippen MR) is 55.3 cm³/mol. The molecule has 0 saturated heterocycles. The van der Waals surface area contributed by atoms with Crippen molar-refractivity contribution in [1.82, 2.24) is 0 Å². The van der Waals surface area contributed by atoms with E-state index in [-0.39, 0.29) is 0 Å². The van der Waals surface area contributed by atoms with Crippen LogP contribution in [0.4, 0.5) is 0 Å². The first-order valence-electron chi connectivity index (χ1n) is 4.43. The van der Waals surface area contributed by atoms with Crippen LogP contribution in [0.2, 0.25) is 0 Å². The number of rotatable bonds is 4. The molecule has 4 nitrogen and oxygen atoms in total. The highest BCUT2D eigenvalue weighted by molar-refractivity contribution is 5.80. The molecule has 0 saturated carbocycles. The lowest BCUT2D eigenvalue weighted by molar-refractivity contribution is -0.318. The van der Waals surface area contributed by atoms with E-state index in [1.54, 1.807) is 0 Å². The molecule has 0 aromatic carbocycles.